The Balaban J connectivity index is 2.50. The highest BCUT2D eigenvalue weighted by atomic mass is 19.4. The van der Waals surface area contributed by atoms with Gasteiger partial charge < -0.3 is 5.32 Å². The number of hydrogen-bond acceptors (Lipinski definition) is 3. The van der Waals surface area contributed by atoms with E-state index < -0.39 is 24.5 Å². The maximum Gasteiger partial charge on any atom is 0.413 e. The largest absolute Gasteiger partial charge is 0.413 e. The number of nitrogens with one attached hydrogen (secondary N) is 1. The molecule has 0 spiro atoms. The van der Waals surface area contributed by atoms with Crippen LogP contribution in [0.2, 0.25) is 0 Å². The standard InChI is InChI=1S/C16H15F3N4O/c1-10-14(15(16(17,18)19)21-13(24)8-9-20)11(2)23(22-10)12-6-4-3-5-7-12/h3-7,15H,8H2,1-2H3,(H,21,24)/t15-/m1/s1. The second-order valence-electron chi connectivity index (χ2n) is 5.21. The zero-order chi connectivity index (χ0) is 17.9. The normalized spacial score (nSPS) is 12.5. The van der Waals surface area contributed by atoms with E-state index >= 15 is 0 Å². The summed E-state index contributed by atoms with van der Waals surface area (Å²) in [5.41, 5.74) is 0.945. The SMILES string of the molecule is Cc1nn(-c2ccccc2)c(C)c1[C@@H](NC(=O)CC#N)C(F)(F)F. The molecule has 1 atom stereocenters. The van der Waals surface area contributed by atoms with Crippen molar-refractivity contribution in [2.75, 3.05) is 0 Å². The van der Waals surface area contributed by atoms with E-state index in [1.807, 2.05) is 5.32 Å². The van der Waals surface area contributed by atoms with Gasteiger partial charge in [0, 0.05) is 11.3 Å². The van der Waals surface area contributed by atoms with Gasteiger partial charge in [-0.1, -0.05) is 18.2 Å². The molecule has 5 nitrogen and oxygen atoms in total. The number of benzene rings is 1. The number of para-hydroxylation sites is 1. The van der Waals surface area contributed by atoms with Crippen molar-refractivity contribution >= 4 is 5.91 Å². The third-order valence-electron chi connectivity index (χ3n) is 3.51. The van der Waals surface area contributed by atoms with Crippen LogP contribution < -0.4 is 5.32 Å². The Morgan fingerprint density at radius 3 is 2.50 bits per heavy atom. The molecule has 0 aliphatic rings. The molecular formula is C16H15F3N4O. The van der Waals surface area contributed by atoms with Crippen LogP contribution in [0.15, 0.2) is 30.3 Å². The molecule has 1 aromatic heterocycles. The zero-order valence-electron chi connectivity index (χ0n) is 13.1. The van der Waals surface area contributed by atoms with Crippen LogP contribution in [0.3, 0.4) is 0 Å². The molecule has 1 aromatic carbocycles. The molecule has 24 heavy (non-hydrogen) atoms. The van der Waals surface area contributed by atoms with E-state index in [0.29, 0.717) is 5.69 Å². The van der Waals surface area contributed by atoms with E-state index in [9.17, 15) is 18.0 Å². The van der Waals surface area contributed by atoms with Crippen LogP contribution in [0.4, 0.5) is 13.2 Å². The predicted octanol–water partition coefficient (Wildman–Crippen LogP) is 3.12. The first-order valence-corrected chi connectivity index (χ1v) is 7.10. The highest BCUT2D eigenvalue weighted by molar-refractivity contribution is 5.78. The Hall–Kier alpha value is -2.82. The molecule has 1 N–H and O–H groups in total. The lowest BCUT2D eigenvalue weighted by molar-refractivity contribution is -0.163. The number of carbonyl (C=O) groups is 1. The Morgan fingerprint density at radius 1 is 1.33 bits per heavy atom. The summed E-state index contributed by atoms with van der Waals surface area (Å²) in [6.07, 6.45) is -5.34. The van der Waals surface area contributed by atoms with E-state index in [1.54, 1.807) is 30.3 Å². The highest BCUT2D eigenvalue weighted by Crippen LogP contribution is 2.36. The second kappa shape index (κ2) is 6.74. The van der Waals surface area contributed by atoms with E-state index in [2.05, 4.69) is 5.10 Å². The molecule has 2 aromatic rings. The molecule has 0 aliphatic heterocycles. The van der Waals surface area contributed by atoms with E-state index in [1.165, 1.54) is 24.6 Å². The topological polar surface area (TPSA) is 70.7 Å². The number of halogens is 3. The van der Waals surface area contributed by atoms with Gasteiger partial charge in [-0.3, -0.25) is 4.79 Å². The number of aromatic nitrogens is 2. The van der Waals surface area contributed by atoms with Crippen molar-refractivity contribution in [1.82, 2.24) is 15.1 Å². The van der Waals surface area contributed by atoms with E-state index in [4.69, 9.17) is 5.26 Å². The summed E-state index contributed by atoms with van der Waals surface area (Å²) in [7, 11) is 0. The van der Waals surface area contributed by atoms with Crippen molar-refractivity contribution in [3.8, 4) is 11.8 Å². The van der Waals surface area contributed by atoms with Crippen LogP contribution in [0, 0.1) is 25.2 Å². The van der Waals surface area contributed by atoms with Crippen molar-refractivity contribution in [2.45, 2.75) is 32.5 Å². The summed E-state index contributed by atoms with van der Waals surface area (Å²) >= 11 is 0. The zero-order valence-corrected chi connectivity index (χ0v) is 13.1. The number of rotatable bonds is 4. The fourth-order valence-corrected chi connectivity index (χ4v) is 2.49. The Bertz CT molecular complexity index is 775. The Morgan fingerprint density at radius 2 is 1.96 bits per heavy atom. The summed E-state index contributed by atoms with van der Waals surface area (Å²) < 4.78 is 41.7. The first kappa shape index (κ1) is 17.5. The first-order chi connectivity index (χ1) is 11.3. The molecule has 126 valence electrons. The van der Waals surface area contributed by atoms with Gasteiger partial charge in [-0.05, 0) is 26.0 Å². The second-order valence-corrected chi connectivity index (χ2v) is 5.21. The number of carbonyl (C=O) groups excluding carboxylic acids is 1. The number of amides is 1. The summed E-state index contributed by atoms with van der Waals surface area (Å²) in [4.78, 5) is 11.5. The van der Waals surface area contributed by atoms with Gasteiger partial charge in [0.15, 0.2) is 6.04 Å². The van der Waals surface area contributed by atoms with Crippen molar-refractivity contribution in [3.05, 3.63) is 47.3 Å². The molecular weight excluding hydrogens is 321 g/mol. The molecule has 0 saturated heterocycles. The average Bonchev–Trinajstić information content (AvgIpc) is 2.80. The van der Waals surface area contributed by atoms with Gasteiger partial charge in [0.05, 0.1) is 17.5 Å². The molecule has 0 saturated carbocycles. The van der Waals surface area contributed by atoms with E-state index in [0.717, 1.165) is 0 Å². The fourth-order valence-electron chi connectivity index (χ4n) is 2.49. The van der Waals surface area contributed by atoms with Gasteiger partial charge in [0.2, 0.25) is 5.91 Å². The molecule has 0 unspecified atom stereocenters. The molecule has 1 heterocycles. The molecule has 1 amide bonds. The minimum Gasteiger partial charge on any atom is -0.340 e. The van der Waals surface area contributed by atoms with Gasteiger partial charge in [0.25, 0.3) is 0 Å². The van der Waals surface area contributed by atoms with Gasteiger partial charge in [-0.15, -0.1) is 0 Å². The van der Waals surface area contributed by atoms with Crippen molar-refractivity contribution in [1.29, 1.82) is 5.26 Å². The quantitative estimate of drug-likeness (QED) is 0.932. The van der Waals surface area contributed by atoms with Crippen LogP contribution >= 0.6 is 0 Å². The molecule has 0 bridgehead atoms. The van der Waals surface area contributed by atoms with Crippen molar-refractivity contribution in [3.63, 3.8) is 0 Å². The van der Waals surface area contributed by atoms with Gasteiger partial charge in [-0.2, -0.15) is 23.5 Å². The van der Waals surface area contributed by atoms with Crippen LogP contribution in [0.1, 0.15) is 29.4 Å². The van der Waals surface area contributed by atoms with Crippen molar-refractivity contribution in [2.24, 2.45) is 0 Å². The number of hydrogen-bond donors (Lipinski definition) is 1. The lowest BCUT2D eigenvalue weighted by atomic mass is 10.0. The lowest BCUT2D eigenvalue weighted by Crippen LogP contribution is -2.38. The molecule has 0 aliphatic carbocycles. The maximum atomic E-state index is 13.4. The molecule has 2 rings (SSSR count). The van der Waals surface area contributed by atoms with Crippen LogP contribution in [-0.2, 0) is 4.79 Å². The maximum absolute atomic E-state index is 13.4. The summed E-state index contributed by atoms with van der Waals surface area (Å²) in [5.74, 6) is -0.980. The summed E-state index contributed by atoms with van der Waals surface area (Å²) in [5, 5.41) is 14.5. The summed E-state index contributed by atoms with van der Waals surface area (Å²) in [6, 6.07) is 8.06. The van der Waals surface area contributed by atoms with Crippen LogP contribution in [0.5, 0.6) is 0 Å². The van der Waals surface area contributed by atoms with Crippen molar-refractivity contribution < 1.29 is 18.0 Å². The highest BCUT2D eigenvalue weighted by Gasteiger charge is 2.44. The number of nitrogens with zero attached hydrogens (tertiary/aromatic N) is 3. The predicted molar refractivity (Wildman–Crippen MR) is 80.2 cm³/mol. The summed E-state index contributed by atoms with van der Waals surface area (Å²) in [6.45, 7) is 2.97. The molecule has 0 fully saturated rings. The van der Waals surface area contributed by atoms with Gasteiger partial charge >= 0.3 is 6.18 Å². The third-order valence-corrected chi connectivity index (χ3v) is 3.51. The van der Waals surface area contributed by atoms with Gasteiger partial charge in [-0.25, -0.2) is 4.68 Å². The van der Waals surface area contributed by atoms with Crippen LogP contribution in [0.25, 0.3) is 5.69 Å². The van der Waals surface area contributed by atoms with E-state index in [-0.39, 0.29) is 17.0 Å². The Kier molecular flexibility index (Phi) is 4.93. The molecule has 8 heteroatoms. The number of aryl methyl sites for hydroxylation is 1. The average molecular weight is 336 g/mol. The minimum absolute atomic E-state index is 0.113. The number of nitriles is 1. The Labute approximate surface area is 136 Å². The third kappa shape index (κ3) is 3.56. The lowest BCUT2D eigenvalue weighted by Gasteiger charge is -2.22. The number of alkyl halides is 3. The fraction of sp³-hybridized carbons (Fsp3) is 0.312. The van der Waals surface area contributed by atoms with Crippen LogP contribution in [-0.4, -0.2) is 21.9 Å². The monoisotopic (exact) mass is 336 g/mol. The smallest absolute Gasteiger partial charge is 0.340 e. The first-order valence-electron chi connectivity index (χ1n) is 7.10. The van der Waals surface area contributed by atoms with Gasteiger partial charge in [0.1, 0.15) is 6.42 Å². The minimum atomic E-state index is -4.70. The molecule has 0 radical (unpaired) electrons.